The maximum atomic E-state index is 13.0. The van der Waals surface area contributed by atoms with Crippen LogP contribution < -0.4 is 15.0 Å². The van der Waals surface area contributed by atoms with Gasteiger partial charge in [-0.2, -0.15) is 0 Å². The fraction of sp³-hybridized carbons (Fsp3) is 0.450. The predicted molar refractivity (Wildman–Crippen MR) is 99.3 cm³/mol. The van der Waals surface area contributed by atoms with Crippen LogP contribution in [0.15, 0.2) is 42.7 Å². The minimum absolute atomic E-state index is 0.135. The van der Waals surface area contributed by atoms with Crippen LogP contribution in [0.3, 0.4) is 0 Å². The van der Waals surface area contributed by atoms with Crippen LogP contribution in [-0.2, 0) is 10.2 Å². The van der Waals surface area contributed by atoms with E-state index in [1.54, 1.807) is 19.5 Å². The third-order valence-electron chi connectivity index (χ3n) is 5.42. The van der Waals surface area contributed by atoms with Gasteiger partial charge in [0.25, 0.3) is 0 Å². The van der Waals surface area contributed by atoms with Crippen molar-refractivity contribution in [3.05, 3.63) is 48.3 Å². The molecule has 6 nitrogen and oxygen atoms in total. The summed E-state index contributed by atoms with van der Waals surface area (Å²) in [6.45, 7) is 1.69. The van der Waals surface area contributed by atoms with Gasteiger partial charge >= 0.3 is 0 Å². The summed E-state index contributed by atoms with van der Waals surface area (Å²) >= 11 is 0. The quantitative estimate of drug-likeness (QED) is 0.894. The van der Waals surface area contributed by atoms with Crippen molar-refractivity contribution in [1.82, 2.24) is 15.3 Å². The highest BCUT2D eigenvalue weighted by atomic mass is 16.5. The minimum Gasteiger partial charge on any atom is -0.497 e. The highest BCUT2D eigenvalue weighted by molar-refractivity contribution is 5.91. The molecule has 6 heteroatoms. The van der Waals surface area contributed by atoms with Crippen molar-refractivity contribution in [3.63, 3.8) is 0 Å². The lowest BCUT2D eigenvalue weighted by Gasteiger charge is -2.34. The predicted octanol–water partition coefficient (Wildman–Crippen LogP) is 2.30. The first-order valence-electron chi connectivity index (χ1n) is 9.19. The number of carbonyl (C=O) groups excluding carboxylic acids is 1. The lowest BCUT2D eigenvalue weighted by Crippen LogP contribution is -2.50. The van der Waals surface area contributed by atoms with Gasteiger partial charge in [-0.1, -0.05) is 12.1 Å². The zero-order valence-corrected chi connectivity index (χ0v) is 15.0. The summed E-state index contributed by atoms with van der Waals surface area (Å²) in [6.07, 6.45) is 7.35. The van der Waals surface area contributed by atoms with Gasteiger partial charge in [-0.15, -0.1) is 0 Å². The summed E-state index contributed by atoms with van der Waals surface area (Å²) in [4.78, 5) is 23.8. The van der Waals surface area contributed by atoms with E-state index in [1.165, 1.54) is 0 Å². The Balaban J connectivity index is 1.42. The molecule has 0 spiro atoms. The van der Waals surface area contributed by atoms with E-state index in [1.807, 2.05) is 30.3 Å². The standard InChI is InChI=1S/C20H24N4O2/c1-26-17-7-5-15(6-8-17)20(9-10-20)18(25)23-16-4-2-13-24(14-16)19-21-11-3-12-22-19/h3,5-8,11-12,16H,2,4,9-10,13-14H2,1H3,(H,23,25). The minimum atomic E-state index is -0.363. The van der Waals surface area contributed by atoms with Gasteiger partial charge in [0.05, 0.1) is 12.5 Å². The van der Waals surface area contributed by atoms with E-state index in [0.29, 0.717) is 0 Å². The molecule has 1 atom stereocenters. The smallest absolute Gasteiger partial charge is 0.230 e. The van der Waals surface area contributed by atoms with Crippen LogP contribution in [0.2, 0.25) is 0 Å². The molecule has 1 amide bonds. The molecule has 0 radical (unpaired) electrons. The number of nitrogens with one attached hydrogen (secondary N) is 1. The van der Waals surface area contributed by atoms with Crippen LogP contribution in [0.25, 0.3) is 0 Å². The first-order chi connectivity index (χ1) is 12.7. The molecule has 136 valence electrons. The van der Waals surface area contributed by atoms with Crippen LogP contribution >= 0.6 is 0 Å². The molecule has 4 rings (SSSR count). The van der Waals surface area contributed by atoms with Crippen molar-refractivity contribution >= 4 is 11.9 Å². The second-order valence-corrected chi connectivity index (χ2v) is 7.12. The molecule has 1 saturated heterocycles. The number of nitrogens with zero attached hydrogens (tertiary/aromatic N) is 3. The molecule has 2 heterocycles. The molecule has 0 bridgehead atoms. The van der Waals surface area contributed by atoms with E-state index in [-0.39, 0.29) is 17.4 Å². The number of benzene rings is 1. The van der Waals surface area contributed by atoms with E-state index < -0.39 is 0 Å². The molecule has 1 aliphatic heterocycles. The van der Waals surface area contributed by atoms with E-state index in [0.717, 1.165) is 56.0 Å². The molecule has 1 saturated carbocycles. The molecule has 2 aromatic rings. The zero-order valence-electron chi connectivity index (χ0n) is 15.0. The van der Waals surface area contributed by atoms with E-state index in [9.17, 15) is 4.79 Å². The average molecular weight is 352 g/mol. The number of anilines is 1. The van der Waals surface area contributed by atoms with Crippen molar-refractivity contribution in [2.45, 2.75) is 37.1 Å². The van der Waals surface area contributed by atoms with Crippen LogP contribution in [0, 0.1) is 0 Å². The Bertz CT molecular complexity index is 759. The number of aromatic nitrogens is 2. The summed E-state index contributed by atoms with van der Waals surface area (Å²) in [5.74, 6) is 1.70. The molecular weight excluding hydrogens is 328 g/mol. The average Bonchev–Trinajstić information content (AvgIpc) is 3.51. The van der Waals surface area contributed by atoms with E-state index in [2.05, 4.69) is 20.2 Å². The number of ether oxygens (including phenoxy) is 1. The van der Waals surface area contributed by atoms with Crippen LogP contribution in [0.5, 0.6) is 5.75 Å². The highest BCUT2D eigenvalue weighted by Crippen LogP contribution is 2.48. The normalized spacial score (nSPS) is 21.1. The number of piperidine rings is 1. The molecule has 1 aromatic heterocycles. The monoisotopic (exact) mass is 352 g/mol. The summed E-state index contributed by atoms with van der Waals surface area (Å²) in [7, 11) is 1.65. The SMILES string of the molecule is COc1ccc(C2(C(=O)NC3CCCN(c4ncccn4)C3)CC2)cc1. The van der Waals surface area contributed by atoms with Gasteiger partial charge in [-0.05, 0) is 49.4 Å². The number of carbonyl (C=O) groups is 1. The van der Waals surface area contributed by atoms with Gasteiger partial charge < -0.3 is 15.0 Å². The number of amides is 1. The van der Waals surface area contributed by atoms with Gasteiger partial charge in [-0.25, -0.2) is 9.97 Å². The molecule has 26 heavy (non-hydrogen) atoms. The van der Waals surface area contributed by atoms with Crippen molar-refractivity contribution in [3.8, 4) is 5.75 Å². The zero-order chi connectivity index (χ0) is 18.0. The lowest BCUT2D eigenvalue weighted by atomic mass is 9.94. The molecule has 1 aliphatic carbocycles. The Morgan fingerprint density at radius 2 is 1.96 bits per heavy atom. The van der Waals surface area contributed by atoms with Crippen LogP contribution in [-0.4, -0.2) is 42.1 Å². The molecule has 1 aromatic carbocycles. The molecule has 2 fully saturated rings. The summed E-state index contributed by atoms with van der Waals surface area (Å²) < 4.78 is 5.22. The summed E-state index contributed by atoms with van der Waals surface area (Å²) in [6, 6.07) is 9.83. The lowest BCUT2D eigenvalue weighted by molar-refractivity contribution is -0.124. The first kappa shape index (κ1) is 16.8. The molecule has 1 N–H and O–H groups in total. The Hall–Kier alpha value is -2.63. The number of hydrogen-bond donors (Lipinski definition) is 1. The topological polar surface area (TPSA) is 67.3 Å². The largest absolute Gasteiger partial charge is 0.497 e. The highest BCUT2D eigenvalue weighted by Gasteiger charge is 2.51. The summed E-state index contributed by atoms with van der Waals surface area (Å²) in [5, 5.41) is 3.28. The summed E-state index contributed by atoms with van der Waals surface area (Å²) in [5.41, 5.74) is 0.715. The van der Waals surface area contributed by atoms with Gasteiger partial charge in [0.15, 0.2) is 0 Å². The van der Waals surface area contributed by atoms with Gasteiger partial charge in [0.1, 0.15) is 5.75 Å². The molecular formula is C20H24N4O2. The Morgan fingerprint density at radius 1 is 1.23 bits per heavy atom. The Labute approximate surface area is 153 Å². The van der Waals surface area contributed by atoms with E-state index >= 15 is 0 Å². The number of methoxy groups -OCH3 is 1. The van der Waals surface area contributed by atoms with Gasteiger partial charge in [-0.3, -0.25) is 4.79 Å². The van der Waals surface area contributed by atoms with Gasteiger partial charge in [0.2, 0.25) is 11.9 Å². The second kappa shape index (κ2) is 6.94. The third-order valence-corrected chi connectivity index (χ3v) is 5.42. The number of rotatable bonds is 5. The fourth-order valence-corrected chi connectivity index (χ4v) is 3.74. The van der Waals surface area contributed by atoms with Crippen LogP contribution in [0.4, 0.5) is 5.95 Å². The van der Waals surface area contributed by atoms with Crippen LogP contribution in [0.1, 0.15) is 31.2 Å². The van der Waals surface area contributed by atoms with Crippen molar-refractivity contribution < 1.29 is 9.53 Å². The van der Waals surface area contributed by atoms with E-state index in [4.69, 9.17) is 4.74 Å². The number of hydrogen-bond acceptors (Lipinski definition) is 5. The first-order valence-corrected chi connectivity index (χ1v) is 9.19. The van der Waals surface area contributed by atoms with Crippen molar-refractivity contribution in [2.24, 2.45) is 0 Å². The molecule has 2 aliphatic rings. The fourth-order valence-electron chi connectivity index (χ4n) is 3.74. The second-order valence-electron chi connectivity index (χ2n) is 7.12. The Kier molecular flexibility index (Phi) is 4.49. The van der Waals surface area contributed by atoms with Gasteiger partial charge in [0, 0.05) is 31.5 Å². The molecule has 1 unspecified atom stereocenters. The maximum Gasteiger partial charge on any atom is 0.230 e. The third kappa shape index (κ3) is 3.23. The Morgan fingerprint density at radius 3 is 2.62 bits per heavy atom. The van der Waals surface area contributed by atoms with Crippen molar-refractivity contribution in [1.29, 1.82) is 0 Å². The maximum absolute atomic E-state index is 13.0. The van der Waals surface area contributed by atoms with Crippen molar-refractivity contribution in [2.75, 3.05) is 25.1 Å².